The first-order chi connectivity index (χ1) is 33.9. The van der Waals surface area contributed by atoms with Gasteiger partial charge in [0.25, 0.3) is 0 Å². The van der Waals surface area contributed by atoms with Crippen molar-refractivity contribution in [2.24, 2.45) is 5.92 Å². The highest BCUT2D eigenvalue weighted by molar-refractivity contribution is 5.85. The summed E-state index contributed by atoms with van der Waals surface area (Å²) in [6, 6.07) is 19.2. The van der Waals surface area contributed by atoms with E-state index in [-0.39, 0.29) is 56.2 Å². The molecule has 1 fully saturated rings. The Kier molecular flexibility index (Phi) is 14.1. The van der Waals surface area contributed by atoms with Gasteiger partial charge in [0, 0.05) is 60.5 Å². The molecule has 2 bridgehead atoms. The first kappa shape index (κ1) is 48.3. The Hall–Kier alpha value is -5.30. The van der Waals surface area contributed by atoms with Crippen LogP contribution < -0.4 is 30.2 Å². The average Bonchev–Trinajstić information content (AvgIpc) is 3.82. The number of ether oxygens (including phenoxy) is 4. The molecule has 0 spiro atoms. The summed E-state index contributed by atoms with van der Waals surface area (Å²) in [5.41, 5.74) is 6.72. The van der Waals surface area contributed by atoms with Gasteiger partial charge in [-0.05, 0) is 139 Å². The van der Waals surface area contributed by atoms with E-state index < -0.39 is 35.6 Å². The minimum Gasteiger partial charge on any atom is -0.508 e. The summed E-state index contributed by atoms with van der Waals surface area (Å²) in [6.45, 7) is 6.48. The zero-order valence-electron chi connectivity index (χ0n) is 40.8. The van der Waals surface area contributed by atoms with Crippen LogP contribution in [-0.4, -0.2) is 99.2 Å². The van der Waals surface area contributed by atoms with Gasteiger partial charge >= 0.3 is 0 Å². The van der Waals surface area contributed by atoms with Gasteiger partial charge in [0.2, 0.25) is 0 Å². The standard InChI is InChI=1S/C57H70N4O9/c1-34(2)27-56(3,66)31-58-32-60-51-11-7-10-41(29-62)68-50-25-37(13-19-49(50)65)55-57(51,67-33-61-39-8-5-4-6-9-39)28-47-46-24-38(23-35-12-18-48-36(22-35)20-21-59-48)45-26-40(64)14-16-43(45)52(46)54-44(53(47)70-55)17-15-42(30-63)69-54/h12-14,16,18-22,25-26,34,38-39,41-42,51,55,58-66H,4-6,8-10,15,17,23-24,27-33H2,1-3H3. The molecule has 0 saturated heterocycles. The van der Waals surface area contributed by atoms with Crippen molar-refractivity contribution in [3.63, 3.8) is 0 Å². The monoisotopic (exact) mass is 955 g/mol. The second kappa shape index (κ2) is 20.4. The molecule has 0 amide bonds. The maximum atomic E-state index is 11.4. The van der Waals surface area contributed by atoms with E-state index in [9.17, 15) is 25.5 Å². The highest BCUT2D eigenvalue weighted by Crippen LogP contribution is 2.58. The van der Waals surface area contributed by atoms with Crippen LogP contribution in [0.3, 0.4) is 0 Å². The summed E-state index contributed by atoms with van der Waals surface area (Å²) < 4.78 is 28.3. The first-order valence-electron chi connectivity index (χ1n) is 25.6. The Bertz CT molecular complexity index is 2740. The predicted molar refractivity (Wildman–Crippen MR) is 269 cm³/mol. The Morgan fingerprint density at radius 3 is 2.54 bits per heavy atom. The lowest BCUT2D eigenvalue weighted by Crippen LogP contribution is -2.62. The highest BCUT2D eigenvalue weighted by atomic mass is 16.6. The number of rotatable bonds is 15. The van der Waals surface area contributed by atoms with Crippen molar-refractivity contribution in [1.29, 1.82) is 0 Å². The molecule has 372 valence electrons. The van der Waals surface area contributed by atoms with E-state index in [1.807, 2.05) is 31.3 Å². The van der Waals surface area contributed by atoms with Crippen molar-refractivity contribution in [1.82, 2.24) is 20.9 Å². The number of phenols is 2. The third kappa shape index (κ3) is 9.85. The highest BCUT2D eigenvalue weighted by Gasteiger charge is 2.55. The van der Waals surface area contributed by atoms with Crippen molar-refractivity contribution < 1.29 is 44.5 Å². The number of hydrogen-bond donors (Lipinski definition) is 9. The summed E-state index contributed by atoms with van der Waals surface area (Å²) in [6.07, 6.45) is 9.34. The van der Waals surface area contributed by atoms with Gasteiger partial charge in [-0.25, -0.2) is 0 Å². The normalized spacial score (nSPS) is 24.8. The molecule has 9 N–H and O–H groups in total. The molecule has 1 saturated carbocycles. The molecule has 1 aromatic heterocycles. The van der Waals surface area contributed by atoms with Crippen LogP contribution in [0.25, 0.3) is 22.0 Å². The smallest absolute Gasteiger partial charge is 0.161 e. The van der Waals surface area contributed by atoms with Crippen LogP contribution in [0.4, 0.5) is 0 Å². The molecule has 4 aromatic carbocycles. The quantitative estimate of drug-likeness (QED) is 0.0285. The fourth-order valence-corrected chi connectivity index (χ4v) is 12.1. The number of aromatic amines is 1. The van der Waals surface area contributed by atoms with E-state index in [4.69, 9.17) is 18.9 Å². The number of nitrogens with one attached hydrogen (secondary N) is 4. The third-order valence-corrected chi connectivity index (χ3v) is 15.3. The van der Waals surface area contributed by atoms with Gasteiger partial charge in [-0.1, -0.05) is 63.1 Å². The molecule has 5 aliphatic rings. The summed E-state index contributed by atoms with van der Waals surface area (Å²) in [4.78, 5) is 3.32. The van der Waals surface area contributed by atoms with Crippen LogP contribution in [-0.2, 0) is 30.4 Å². The summed E-state index contributed by atoms with van der Waals surface area (Å²) in [5, 5.41) is 67.0. The molecule has 13 nitrogen and oxygen atoms in total. The Morgan fingerprint density at radius 2 is 1.73 bits per heavy atom. The number of aromatic nitrogens is 1. The molecule has 10 rings (SSSR count). The predicted octanol–water partition coefficient (Wildman–Crippen LogP) is 7.58. The van der Waals surface area contributed by atoms with Gasteiger partial charge in [-0.2, -0.15) is 0 Å². The second-order valence-electron chi connectivity index (χ2n) is 21.2. The Morgan fingerprint density at radius 1 is 0.886 bits per heavy atom. The lowest BCUT2D eigenvalue weighted by atomic mass is 9.69. The van der Waals surface area contributed by atoms with Gasteiger partial charge in [0.15, 0.2) is 17.6 Å². The number of benzene rings is 4. The van der Waals surface area contributed by atoms with Crippen LogP contribution in [0.15, 0.2) is 66.9 Å². The second-order valence-corrected chi connectivity index (χ2v) is 21.2. The van der Waals surface area contributed by atoms with Crippen LogP contribution in [0.1, 0.15) is 118 Å². The van der Waals surface area contributed by atoms with Gasteiger partial charge in [-0.15, -0.1) is 0 Å². The van der Waals surface area contributed by atoms with E-state index in [0.29, 0.717) is 68.3 Å². The van der Waals surface area contributed by atoms with Crippen molar-refractivity contribution in [2.45, 2.75) is 145 Å². The lowest BCUT2D eigenvalue weighted by Gasteiger charge is -2.50. The van der Waals surface area contributed by atoms with Crippen LogP contribution in [0.5, 0.6) is 28.7 Å². The van der Waals surface area contributed by atoms with E-state index in [2.05, 4.69) is 70.9 Å². The number of aromatic hydroxyl groups is 2. The average molecular weight is 955 g/mol. The maximum absolute atomic E-state index is 11.4. The Balaban J connectivity index is 1.16. The molecule has 7 atom stereocenters. The number of phenolic OH excluding ortho intramolecular Hbond substituents is 2. The SMILES string of the molecule is CC(C)CC(C)(O)CNCNC1C#CCC(CO)Oc2cc(ccc2O)C2Oc3c(c4c(c5c3CCC(CO)O5)-c3ccc(O)cc3C(Cc3ccc5[nH]ccc5c3)C4)CC12OCNC1CCCCC1. The van der Waals surface area contributed by atoms with Crippen molar-refractivity contribution in [2.75, 3.05) is 33.2 Å². The maximum Gasteiger partial charge on any atom is 0.161 e. The van der Waals surface area contributed by atoms with Crippen molar-refractivity contribution in [3.8, 4) is 51.7 Å². The van der Waals surface area contributed by atoms with Crippen LogP contribution in [0.2, 0.25) is 0 Å². The third-order valence-electron chi connectivity index (χ3n) is 15.3. The molecule has 70 heavy (non-hydrogen) atoms. The number of fused-ring (bicyclic) bond motifs is 13. The van der Waals surface area contributed by atoms with Gasteiger partial charge < -0.3 is 54.8 Å². The lowest BCUT2D eigenvalue weighted by molar-refractivity contribution is -0.144. The fraction of sp³-hybridized carbons (Fsp3) is 0.509. The van der Waals surface area contributed by atoms with E-state index >= 15 is 0 Å². The molecule has 7 unspecified atom stereocenters. The molecule has 0 radical (unpaired) electrons. The van der Waals surface area contributed by atoms with Gasteiger partial charge in [0.1, 0.15) is 41.1 Å². The van der Waals surface area contributed by atoms with E-state index in [1.165, 1.54) is 12.0 Å². The van der Waals surface area contributed by atoms with Crippen LogP contribution in [0, 0.1) is 17.8 Å². The molecule has 13 heteroatoms. The number of hydrogen-bond acceptors (Lipinski definition) is 12. The molecule has 5 aromatic rings. The number of aliphatic hydroxyl groups excluding tert-OH is 2. The number of aliphatic hydroxyl groups is 3. The zero-order chi connectivity index (χ0) is 48.6. The zero-order valence-corrected chi connectivity index (χ0v) is 40.8. The summed E-state index contributed by atoms with van der Waals surface area (Å²) in [5.74, 6) is 8.99. The number of H-pyrrole nitrogens is 1. The molecule has 4 heterocycles. The molecular formula is C57H70N4O9. The summed E-state index contributed by atoms with van der Waals surface area (Å²) >= 11 is 0. The van der Waals surface area contributed by atoms with E-state index in [1.54, 1.807) is 18.2 Å². The topological polar surface area (TPSA) is 190 Å². The first-order valence-corrected chi connectivity index (χ1v) is 25.6. The fourth-order valence-electron chi connectivity index (χ4n) is 12.1. The van der Waals surface area contributed by atoms with Gasteiger partial charge in [0.05, 0.1) is 25.5 Å². The van der Waals surface area contributed by atoms with Crippen molar-refractivity contribution >= 4 is 10.9 Å². The molecule has 2 aliphatic carbocycles. The van der Waals surface area contributed by atoms with E-state index in [0.717, 1.165) is 75.7 Å². The van der Waals surface area contributed by atoms with Crippen LogP contribution >= 0.6 is 0 Å². The Labute approximate surface area is 411 Å². The van der Waals surface area contributed by atoms with Crippen molar-refractivity contribution in [3.05, 3.63) is 100 Å². The summed E-state index contributed by atoms with van der Waals surface area (Å²) in [7, 11) is 0. The minimum atomic E-state index is -1.23. The molecular weight excluding hydrogens is 885 g/mol. The largest absolute Gasteiger partial charge is 0.508 e. The minimum absolute atomic E-state index is 0.0377. The molecule has 3 aliphatic heterocycles. The van der Waals surface area contributed by atoms with Gasteiger partial charge in [-0.3, -0.25) is 10.6 Å².